The zero-order chi connectivity index (χ0) is 10.3. The molecule has 1 aromatic carbocycles. The van der Waals surface area contributed by atoms with Crippen LogP contribution < -0.4 is 5.32 Å². The van der Waals surface area contributed by atoms with Gasteiger partial charge in [-0.15, -0.1) is 0 Å². The van der Waals surface area contributed by atoms with Crippen LogP contribution >= 0.6 is 0 Å². The summed E-state index contributed by atoms with van der Waals surface area (Å²) in [4.78, 5) is 11.5. The molecule has 1 aliphatic rings. The largest absolute Gasteiger partial charge is 0.324 e. The maximum Gasteiger partial charge on any atom is 0.246 e. The Balaban J connectivity index is 2.29. The second-order valence-electron chi connectivity index (χ2n) is 3.47. The van der Waals surface area contributed by atoms with Gasteiger partial charge in [0, 0.05) is 11.8 Å². The third-order valence-electron chi connectivity index (χ3n) is 2.49. The van der Waals surface area contributed by atoms with E-state index in [1.165, 1.54) is 0 Å². The van der Waals surface area contributed by atoms with Gasteiger partial charge in [0.25, 0.3) is 0 Å². The topological polar surface area (TPSA) is 46.9 Å². The molecule has 74 valence electrons. The van der Waals surface area contributed by atoms with E-state index in [1.807, 2.05) is 30.3 Å². The molecule has 1 N–H and O–H groups in total. The molecule has 0 radical (unpaired) electrons. The number of para-hydroxylation sites is 1. The van der Waals surface area contributed by atoms with Crippen molar-refractivity contribution in [1.82, 2.24) is 9.78 Å². The summed E-state index contributed by atoms with van der Waals surface area (Å²) in [6.45, 7) is 0.275. The first kappa shape index (κ1) is 8.23. The van der Waals surface area contributed by atoms with Gasteiger partial charge >= 0.3 is 0 Å². The van der Waals surface area contributed by atoms with Crippen molar-refractivity contribution in [3.8, 4) is 11.3 Å². The minimum atomic E-state index is -0.0371. The van der Waals surface area contributed by atoms with Crippen molar-refractivity contribution < 1.29 is 4.79 Å². The Kier molecular flexibility index (Phi) is 1.62. The highest BCUT2D eigenvalue weighted by atomic mass is 16.2. The van der Waals surface area contributed by atoms with Crippen molar-refractivity contribution in [2.75, 3.05) is 5.32 Å². The first-order valence-corrected chi connectivity index (χ1v) is 4.76. The van der Waals surface area contributed by atoms with E-state index in [1.54, 1.807) is 10.9 Å². The highest BCUT2D eigenvalue weighted by molar-refractivity contribution is 5.96. The number of fused-ring (bicyclic) bond motifs is 3. The Labute approximate surface area is 86.5 Å². The second-order valence-corrected chi connectivity index (χ2v) is 3.47. The van der Waals surface area contributed by atoms with Crippen LogP contribution in [-0.4, -0.2) is 15.7 Å². The van der Waals surface area contributed by atoms with Crippen LogP contribution in [0, 0.1) is 0 Å². The van der Waals surface area contributed by atoms with E-state index < -0.39 is 0 Å². The summed E-state index contributed by atoms with van der Waals surface area (Å²) in [6, 6.07) is 9.66. The highest BCUT2D eigenvalue weighted by Crippen LogP contribution is 2.29. The molecule has 4 nitrogen and oxygen atoms in total. The number of benzene rings is 1. The normalized spacial score (nSPS) is 13.7. The number of nitrogens with zero attached hydrogens (tertiary/aromatic N) is 2. The molecule has 0 spiro atoms. The molecule has 1 aromatic heterocycles. The summed E-state index contributed by atoms with van der Waals surface area (Å²) < 4.78 is 1.71. The molecule has 0 fully saturated rings. The lowest BCUT2D eigenvalue weighted by Crippen LogP contribution is -2.17. The van der Waals surface area contributed by atoms with Crippen molar-refractivity contribution in [1.29, 1.82) is 0 Å². The number of hydrogen-bond acceptors (Lipinski definition) is 2. The third kappa shape index (κ3) is 1.22. The Morgan fingerprint density at radius 2 is 2.13 bits per heavy atom. The number of amides is 1. The minimum absolute atomic E-state index is 0.0371. The summed E-state index contributed by atoms with van der Waals surface area (Å²) in [5.41, 5.74) is 2.84. The van der Waals surface area contributed by atoms with Gasteiger partial charge in [0.1, 0.15) is 6.54 Å². The van der Waals surface area contributed by atoms with E-state index >= 15 is 0 Å². The Morgan fingerprint density at radius 3 is 3.07 bits per heavy atom. The number of nitrogens with one attached hydrogen (secondary N) is 1. The molecule has 0 aliphatic carbocycles. The van der Waals surface area contributed by atoms with Crippen LogP contribution in [0.3, 0.4) is 0 Å². The minimum Gasteiger partial charge on any atom is -0.324 e. The van der Waals surface area contributed by atoms with E-state index in [0.717, 1.165) is 16.9 Å². The molecule has 4 heteroatoms. The quantitative estimate of drug-likeness (QED) is 0.699. The molecule has 15 heavy (non-hydrogen) atoms. The number of aromatic nitrogens is 2. The van der Waals surface area contributed by atoms with Crippen LogP contribution in [0.25, 0.3) is 11.3 Å². The third-order valence-corrected chi connectivity index (χ3v) is 2.49. The summed E-state index contributed by atoms with van der Waals surface area (Å²) in [5.74, 6) is -0.0371. The summed E-state index contributed by atoms with van der Waals surface area (Å²) in [5, 5.41) is 6.98. The summed E-state index contributed by atoms with van der Waals surface area (Å²) in [7, 11) is 0. The molecule has 2 heterocycles. The van der Waals surface area contributed by atoms with Gasteiger partial charge in [0.15, 0.2) is 0 Å². The fraction of sp³-hybridized carbons (Fsp3) is 0.0909. The SMILES string of the molecule is O=C1Cn2nccc2-c2ccccc2N1. The monoisotopic (exact) mass is 199 g/mol. The van der Waals surface area contributed by atoms with Gasteiger partial charge in [0.2, 0.25) is 5.91 Å². The molecule has 0 unspecified atom stereocenters. The van der Waals surface area contributed by atoms with Gasteiger partial charge in [-0.3, -0.25) is 9.48 Å². The summed E-state index contributed by atoms with van der Waals surface area (Å²) in [6.07, 6.45) is 1.71. The van der Waals surface area contributed by atoms with E-state index in [-0.39, 0.29) is 12.5 Å². The van der Waals surface area contributed by atoms with Gasteiger partial charge in [-0.1, -0.05) is 18.2 Å². The van der Waals surface area contributed by atoms with Gasteiger partial charge in [-0.2, -0.15) is 5.10 Å². The predicted octanol–water partition coefficient (Wildman–Crippen LogP) is 1.50. The number of carbonyl (C=O) groups excluding carboxylic acids is 1. The van der Waals surface area contributed by atoms with Crippen LogP contribution in [0.1, 0.15) is 0 Å². The molecular formula is C11H9N3O. The lowest BCUT2D eigenvalue weighted by atomic mass is 10.1. The molecule has 1 amide bonds. The number of hydrogen-bond donors (Lipinski definition) is 1. The van der Waals surface area contributed by atoms with Crippen LogP contribution in [-0.2, 0) is 11.3 Å². The molecule has 2 aromatic rings. The van der Waals surface area contributed by atoms with Gasteiger partial charge in [0.05, 0.1) is 11.4 Å². The Morgan fingerprint density at radius 1 is 1.27 bits per heavy atom. The fourth-order valence-electron chi connectivity index (χ4n) is 1.83. The van der Waals surface area contributed by atoms with Crippen molar-refractivity contribution >= 4 is 11.6 Å². The molecule has 0 saturated heterocycles. The highest BCUT2D eigenvalue weighted by Gasteiger charge is 2.17. The zero-order valence-corrected chi connectivity index (χ0v) is 7.97. The number of rotatable bonds is 0. The zero-order valence-electron chi connectivity index (χ0n) is 7.97. The average molecular weight is 199 g/mol. The van der Waals surface area contributed by atoms with E-state index in [4.69, 9.17) is 0 Å². The van der Waals surface area contributed by atoms with Crippen LogP contribution in [0.4, 0.5) is 5.69 Å². The Hall–Kier alpha value is -2.10. The number of carbonyl (C=O) groups is 1. The first-order chi connectivity index (χ1) is 7.34. The maximum absolute atomic E-state index is 11.5. The van der Waals surface area contributed by atoms with Crippen molar-refractivity contribution in [2.45, 2.75) is 6.54 Å². The predicted molar refractivity (Wildman–Crippen MR) is 56.3 cm³/mol. The molecule has 0 bridgehead atoms. The lowest BCUT2D eigenvalue weighted by molar-refractivity contribution is -0.116. The number of anilines is 1. The van der Waals surface area contributed by atoms with Gasteiger partial charge < -0.3 is 5.32 Å². The van der Waals surface area contributed by atoms with Crippen LogP contribution in [0.5, 0.6) is 0 Å². The Bertz CT molecular complexity index is 530. The average Bonchev–Trinajstić information content (AvgIpc) is 2.62. The van der Waals surface area contributed by atoms with E-state index in [0.29, 0.717) is 0 Å². The van der Waals surface area contributed by atoms with Crippen molar-refractivity contribution in [3.63, 3.8) is 0 Å². The van der Waals surface area contributed by atoms with Crippen molar-refractivity contribution in [3.05, 3.63) is 36.5 Å². The molecule has 1 aliphatic heterocycles. The van der Waals surface area contributed by atoms with Crippen LogP contribution in [0.2, 0.25) is 0 Å². The van der Waals surface area contributed by atoms with E-state index in [9.17, 15) is 4.79 Å². The lowest BCUT2D eigenvalue weighted by Gasteiger charge is -2.04. The maximum atomic E-state index is 11.5. The van der Waals surface area contributed by atoms with Gasteiger partial charge in [-0.25, -0.2) is 0 Å². The molecular weight excluding hydrogens is 190 g/mol. The second kappa shape index (κ2) is 2.95. The van der Waals surface area contributed by atoms with Crippen LogP contribution in [0.15, 0.2) is 36.5 Å². The molecule has 0 atom stereocenters. The molecule has 0 saturated carbocycles. The molecule has 3 rings (SSSR count). The standard InChI is InChI=1S/C11H9N3O/c15-11-7-14-10(5-6-12-14)8-3-1-2-4-9(8)13-11/h1-6H,7H2,(H,13,15). The van der Waals surface area contributed by atoms with Gasteiger partial charge in [-0.05, 0) is 12.1 Å². The first-order valence-electron chi connectivity index (χ1n) is 4.76. The smallest absolute Gasteiger partial charge is 0.246 e. The summed E-state index contributed by atoms with van der Waals surface area (Å²) >= 11 is 0. The fourth-order valence-corrected chi connectivity index (χ4v) is 1.83. The van der Waals surface area contributed by atoms with Crippen molar-refractivity contribution in [2.24, 2.45) is 0 Å². The van der Waals surface area contributed by atoms with E-state index in [2.05, 4.69) is 10.4 Å².